The van der Waals surface area contributed by atoms with Gasteiger partial charge in [0.15, 0.2) is 11.5 Å². The van der Waals surface area contributed by atoms with Crippen molar-refractivity contribution in [3.63, 3.8) is 0 Å². The van der Waals surface area contributed by atoms with E-state index in [9.17, 15) is 4.79 Å². The summed E-state index contributed by atoms with van der Waals surface area (Å²) in [6, 6.07) is 12.3. The topological polar surface area (TPSA) is 59.9 Å². The Bertz CT molecular complexity index is 807. The molecule has 0 aliphatic carbocycles. The van der Waals surface area contributed by atoms with Crippen LogP contribution in [0.15, 0.2) is 47.6 Å². The first-order valence-electron chi connectivity index (χ1n) is 10.6. The molecule has 0 bridgehead atoms. The first-order chi connectivity index (χ1) is 14.6. The highest BCUT2D eigenvalue weighted by atomic mass is 35.5. The van der Waals surface area contributed by atoms with E-state index >= 15 is 0 Å². The highest BCUT2D eigenvalue weighted by Crippen LogP contribution is 2.28. The van der Waals surface area contributed by atoms with Gasteiger partial charge in [-0.1, -0.05) is 50.6 Å². The van der Waals surface area contributed by atoms with Crippen LogP contribution in [0.2, 0.25) is 5.02 Å². The standard InChI is InChI=1S/C24H31ClN2O3/c1-3-5-6-7-8-9-16-30-22-15-10-19(17-23(22)29-4-2)18-26-27-24(28)20-11-13-21(25)14-12-20/h10-15,17-18H,3-9,16H2,1-2H3,(H,27,28)/b26-18+. The number of ether oxygens (including phenoxy) is 2. The van der Waals surface area contributed by atoms with Gasteiger partial charge in [0.2, 0.25) is 0 Å². The number of carbonyl (C=O) groups excluding carboxylic acids is 1. The van der Waals surface area contributed by atoms with Crippen LogP contribution in [-0.2, 0) is 0 Å². The minimum absolute atomic E-state index is 0.299. The van der Waals surface area contributed by atoms with Gasteiger partial charge < -0.3 is 9.47 Å². The first-order valence-corrected chi connectivity index (χ1v) is 11.0. The van der Waals surface area contributed by atoms with Crippen LogP contribution in [0.1, 0.15) is 68.3 Å². The van der Waals surface area contributed by atoms with Crippen molar-refractivity contribution < 1.29 is 14.3 Å². The predicted octanol–water partition coefficient (Wildman–Crippen LogP) is 6.24. The fraction of sp³-hybridized carbons (Fsp3) is 0.417. The molecule has 0 saturated carbocycles. The molecule has 6 heteroatoms. The summed E-state index contributed by atoms with van der Waals surface area (Å²) in [4.78, 5) is 12.1. The van der Waals surface area contributed by atoms with Gasteiger partial charge in [-0.15, -0.1) is 0 Å². The van der Waals surface area contributed by atoms with E-state index in [1.807, 2.05) is 25.1 Å². The molecule has 0 radical (unpaired) electrons. The molecule has 1 amide bonds. The third kappa shape index (κ3) is 8.46. The zero-order valence-electron chi connectivity index (χ0n) is 17.8. The normalized spacial score (nSPS) is 10.9. The number of rotatable bonds is 13. The Hall–Kier alpha value is -2.53. The maximum absolute atomic E-state index is 12.1. The van der Waals surface area contributed by atoms with Gasteiger partial charge >= 0.3 is 0 Å². The van der Waals surface area contributed by atoms with Crippen LogP contribution in [-0.4, -0.2) is 25.3 Å². The van der Waals surface area contributed by atoms with Crippen molar-refractivity contribution in [3.05, 3.63) is 58.6 Å². The van der Waals surface area contributed by atoms with Gasteiger partial charge in [0.25, 0.3) is 5.91 Å². The van der Waals surface area contributed by atoms with Gasteiger partial charge in [-0.3, -0.25) is 4.79 Å². The lowest BCUT2D eigenvalue weighted by molar-refractivity contribution is 0.0955. The summed E-state index contributed by atoms with van der Waals surface area (Å²) in [5, 5.41) is 4.61. The summed E-state index contributed by atoms with van der Waals surface area (Å²) >= 11 is 5.84. The molecule has 2 rings (SSSR count). The van der Waals surface area contributed by atoms with E-state index in [-0.39, 0.29) is 5.91 Å². The molecule has 0 unspecified atom stereocenters. The Kier molecular flexibility index (Phi) is 10.8. The van der Waals surface area contributed by atoms with Crippen LogP contribution in [0, 0.1) is 0 Å². The zero-order valence-corrected chi connectivity index (χ0v) is 18.6. The number of amides is 1. The van der Waals surface area contributed by atoms with Crippen molar-refractivity contribution in [2.75, 3.05) is 13.2 Å². The molecule has 5 nitrogen and oxygen atoms in total. The first kappa shape index (κ1) is 23.7. The number of hydrazone groups is 1. The zero-order chi connectivity index (χ0) is 21.6. The van der Waals surface area contributed by atoms with E-state index in [4.69, 9.17) is 21.1 Å². The van der Waals surface area contributed by atoms with Crippen LogP contribution in [0.4, 0.5) is 0 Å². The lowest BCUT2D eigenvalue weighted by atomic mass is 10.1. The van der Waals surface area contributed by atoms with E-state index in [1.54, 1.807) is 30.5 Å². The van der Waals surface area contributed by atoms with Crippen LogP contribution in [0.25, 0.3) is 0 Å². The van der Waals surface area contributed by atoms with Gasteiger partial charge in [-0.2, -0.15) is 5.10 Å². The summed E-state index contributed by atoms with van der Waals surface area (Å²) in [6.07, 6.45) is 8.91. The Morgan fingerprint density at radius 1 is 0.967 bits per heavy atom. The van der Waals surface area contributed by atoms with Gasteiger partial charge in [-0.25, -0.2) is 5.43 Å². The van der Waals surface area contributed by atoms with Crippen molar-refractivity contribution in [2.45, 2.75) is 52.4 Å². The molecule has 0 heterocycles. The number of nitrogens with one attached hydrogen (secondary N) is 1. The second-order valence-electron chi connectivity index (χ2n) is 6.96. The molecule has 0 fully saturated rings. The van der Waals surface area contributed by atoms with E-state index in [0.29, 0.717) is 29.5 Å². The quantitative estimate of drug-likeness (QED) is 0.232. The predicted molar refractivity (Wildman–Crippen MR) is 123 cm³/mol. The summed E-state index contributed by atoms with van der Waals surface area (Å²) in [6.45, 7) is 5.38. The molecule has 0 spiro atoms. The minimum atomic E-state index is -0.299. The average molecular weight is 431 g/mol. The highest BCUT2D eigenvalue weighted by Gasteiger charge is 2.07. The third-order valence-corrected chi connectivity index (χ3v) is 4.76. The Labute approximate surface area is 184 Å². The van der Waals surface area contributed by atoms with E-state index in [0.717, 1.165) is 17.7 Å². The van der Waals surface area contributed by atoms with Crippen molar-refractivity contribution in [1.29, 1.82) is 0 Å². The number of carbonyl (C=O) groups is 1. The molecular weight excluding hydrogens is 400 g/mol. The summed E-state index contributed by atoms with van der Waals surface area (Å²) < 4.78 is 11.6. The summed E-state index contributed by atoms with van der Waals surface area (Å²) in [5.74, 6) is 1.11. The maximum atomic E-state index is 12.1. The van der Waals surface area contributed by atoms with Crippen LogP contribution >= 0.6 is 11.6 Å². The van der Waals surface area contributed by atoms with E-state index in [1.165, 1.54) is 32.1 Å². The van der Waals surface area contributed by atoms with Gasteiger partial charge in [0, 0.05) is 10.6 Å². The number of hydrogen-bond acceptors (Lipinski definition) is 4. The average Bonchev–Trinajstić information content (AvgIpc) is 2.75. The third-order valence-electron chi connectivity index (χ3n) is 4.51. The monoisotopic (exact) mass is 430 g/mol. The number of benzene rings is 2. The molecule has 0 aliphatic rings. The van der Waals surface area contributed by atoms with Crippen molar-refractivity contribution in [1.82, 2.24) is 5.43 Å². The maximum Gasteiger partial charge on any atom is 0.271 e. The molecule has 1 N–H and O–H groups in total. The number of unbranched alkanes of at least 4 members (excludes halogenated alkanes) is 5. The SMILES string of the molecule is CCCCCCCCOc1ccc(/C=N/NC(=O)c2ccc(Cl)cc2)cc1OCC. The summed E-state index contributed by atoms with van der Waals surface area (Å²) in [7, 11) is 0. The van der Waals surface area contributed by atoms with E-state index < -0.39 is 0 Å². The molecule has 0 saturated heterocycles. The number of halogens is 1. The molecular formula is C24H31ClN2O3. The molecule has 0 aliphatic heterocycles. The molecule has 0 aromatic heterocycles. The fourth-order valence-corrected chi connectivity index (χ4v) is 3.01. The molecule has 0 atom stereocenters. The minimum Gasteiger partial charge on any atom is -0.490 e. The Balaban J connectivity index is 1.87. The highest BCUT2D eigenvalue weighted by molar-refractivity contribution is 6.30. The van der Waals surface area contributed by atoms with Crippen LogP contribution in [0.5, 0.6) is 11.5 Å². The van der Waals surface area contributed by atoms with Gasteiger partial charge in [0.1, 0.15) is 0 Å². The molecule has 2 aromatic carbocycles. The lowest BCUT2D eigenvalue weighted by Gasteiger charge is -2.12. The van der Waals surface area contributed by atoms with Crippen LogP contribution in [0.3, 0.4) is 0 Å². The lowest BCUT2D eigenvalue weighted by Crippen LogP contribution is -2.17. The molecule has 30 heavy (non-hydrogen) atoms. The number of hydrogen-bond donors (Lipinski definition) is 1. The Morgan fingerprint density at radius 2 is 1.70 bits per heavy atom. The van der Waals surface area contributed by atoms with Gasteiger partial charge in [-0.05, 0) is 61.4 Å². The Morgan fingerprint density at radius 3 is 2.43 bits per heavy atom. The van der Waals surface area contributed by atoms with Crippen LogP contribution < -0.4 is 14.9 Å². The molecule has 2 aromatic rings. The van der Waals surface area contributed by atoms with Crippen molar-refractivity contribution in [3.8, 4) is 11.5 Å². The summed E-state index contributed by atoms with van der Waals surface area (Å²) in [5.41, 5.74) is 3.81. The second kappa shape index (κ2) is 13.6. The molecule has 162 valence electrons. The van der Waals surface area contributed by atoms with E-state index in [2.05, 4.69) is 17.5 Å². The fourth-order valence-electron chi connectivity index (χ4n) is 2.89. The number of nitrogens with zero attached hydrogens (tertiary/aromatic N) is 1. The van der Waals surface area contributed by atoms with Crippen molar-refractivity contribution in [2.24, 2.45) is 5.10 Å². The van der Waals surface area contributed by atoms with Crippen molar-refractivity contribution >= 4 is 23.7 Å². The largest absolute Gasteiger partial charge is 0.490 e. The smallest absolute Gasteiger partial charge is 0.271 e. The van der Waals surface area contributed by atoms with Gasteiger partial charge in [0.05, 0.1) is 19.4 Å². The second-order valence-corrected chi connectivity index (χ2v) is 7.40.